The van der Waals surface area contributed by atoms with E-state index in [4.69, 9.17) is 0 Å². The van der Waals surface area contributed by atoms with Gasteiger partial charge in [-0.1, -0.05) is 113 Å². The summed E-state index contributed by atoms with van der Waals surface area (Å²) in [7, 11) is 0. The molecule has 0 fully saturated rings. The molecule has 2 unspecified atom stereocenters. The normalized spacial score (nSPS) is 18.0. The summed E-state index contributed by atoms with van der Waals surface area (Å²) in [5.41, 5.74) is 18.5. The molecule has 0 N–H and O–H groups in total. The Kier molecular flexibility index (Phi) is 7.05. The van der Waals surface area contributed by atoms with Crippen molar-refractivity contribution in [1.29, 1.82) is 0 Å². The summed E-state index contributed by atoms with van der Waals surface area (Å²) in [4.78, 5) is 0. The van der Waals surface area contributed by atoms with Crippen molar-refractivity contribution in [2.24, 2.45) is 0 Å². The third-order valence-corrected chi connectivity index (χ3v) is 14.7. The van der Waals surface area contributed by atoms with Gasteiger partial charge in [-0.25, -0.2) is 0 Å². The standard InChI is InChI=1S/C55H47N3/c1-5-55(6-2)34-44(52-40-18-9-8-17-39(40)48-23-13-14-31-56(48)52)38-28-25-36(32-42(38)50-30-26-35-16-7-11-22-47(35)58(50)55)37-27-29-49-43(33-37)41-19-15-21-46-53(41)57(49)51-24-12-10-20-45(51)54(46,3)4/h7-33,44,52H,5-6,34H2,1-4H3/q+2. The number of hydrogen-bond acceptors (Lipinski definition) is 0. The summed E-state index contributed by atoms with van der Waals surface area (Å²) in [5.74, 6) is 0.251. The molecule has 0 bridgehead atoms. The Morgan fingerprint density at radius 1 is 0.603 bits per heavy atom. The molecule has 6 heterocycles. The van der Waals surface area contributed by atoms with Gasteiger partial charge in [0.05, 0.1) is 33.8 Å². The Morgan fingerprint density at radius 2 is 1.36 bits per heavy atom. The number of para-hydroxylation sites is 3. The zero-order valence-corrected chi connectivity index (χ0v) is 33.7. The molecular weight excluding hydrogens is 703 g/mol. The molecule has 0 radical (unpaired) electrons. The van der Waals surface area contributed by atoms with Crippen LogP contribution in [0.3, 0.4) is 0 Å². The number of hydrogen-bond donors (Lipinski definition) is 0. The first-order chi connectivity index (χ1) is 28.4. The van der Waals surface area contributed by atoms with Gasteiger partial charge in [0.15, 0.2) is 17.8 Å². The van der Waals surface area contributed by atoms with Gasteiger partial charge in [-0.2, -0.15) is 9.13 Å². The number of aromatic nitrogens is 3. The van der Waals surface area contributed by atoms with Crippen LogP contribution in [0.15, 0.2) is 164 Å². The predicted molar refractivity (Wildman–Crippen MR) is 238 cm³/mol. The zero-order chi connectivity index (χ0) is 38.9. The van der Waals surface area contributed by atoms with Crippen LogP contribution in [0.25, 0.3) is 72.0 Å². The third kappa shape index (κ3) is 4.39. The summed E-state index contributed by atoms with van der Waals surface area (Å²) in [5, 5.41) is 3.93. The molecule has 0 saturated heterocycles. The monoisotopic (exact) mass is 749 g/mol. The maximum Gasteiger partial charge on any atom is 0.213 e. The van der Waals surface area contributed by atoms with Gasteiger partial charge >= 0.3 is 0 Å². The Morgan fingerprint density at radius 3 is 2.26 bits per heavy atom. The average Bonchev–Trinajstić information content (AvgIpc) is 3.75. The van der Waals surface area contributed by atoms with Crippen LogP contribution in [0.5, 0.6) is 0 Å². The Hall–Kier alpha value is -6.32. The number of rotatable bonds is 4. The molecular formula is C55H47N3+2. The van der Waals surface area contributed by atoms with Gasteiger partial charge < -0.3 is 4.57 Å². The van der Waals surface area contributed by atoms with E-state index in [1.165, 1.54) is 94.3 Å². The van der Waals surface area contributed by atoms with Crippen molar-refractivity contribution < 1.29 is 9.13 Å². The number of pyridine rings is 2. The molecule has 0 aliphatic carbocycles. The van der Waals surface area contributed by atoms with Crippen molar-refractivity contribution in [2.75, 3.05) is 0 Å². The molecule has 0 spiro atoms. The number of fused-ring (bicyclic) bond motifs is 13. The van der Waals surface area contributed by atoms with E-state index in [0.29, 0.717) is 0 Å². The van der Waals surface area contributed by atoms with E-state index in [1.54, 1.807) is 0 Å². The highest BCUT2D eigenvalue weighted by molar-refractivity contribution is 6.12. The highest BCUT2D eigenvalue weighted by atomic mass is 15.1. The first kappa shape index (κ1) is 33.8. The fourth-order valence-electron chi connectivity index (χ4n) is 11.8. The van der Waals surface area contributed by atoms with E-state index < -0.39 is 0 Å². The molecule has 9 aromatic rings. The fourth-order valence-corrected chi connectivity index (χ4v) is 11.8. The molecule has 3 aliphatic rings. The van der Waals surface area contributed by atoms with E-state index >= 15 is 0 Å². The minimum Gasteiger partial charge on any atom is -0.309 e. The molecule has 58 heavy (non-hydrogen) atoms. The largest absolute Gasteiger partial charge is 0.309 e. The maximum atomic E-state index is 2.76. The molecule has 3 heteroatoms. The second kappa shape index (κ2) is 12.1. The topological polar surface area (TPSA) is 12.7 Å². The van der Waals surface area contributed by atoms with Crippen LogP contribution < -0.4 is 9.13 Å². The van der Waals surface area contributed by atoms with Crippen molar-refractivity contribution in [2.45, 2.75) is 69.9 Å². The SMILES string of the molecule is CCC1(CC)CC(C2c3ccccc3-c3cccc[n+]32)c2ccc(-c3ccc4c(c3)c3cccc5c3n4-c3ccccc3C5(C)C)cc2-c2ccc3ccccc3[n+]21. The van der Waals surface area contributed by atoms with Crippen molar-refractivity contribution in [1.82, 2.24) is 4.57 Å². The van der Waals surface area contributed by atoms with Gasteiger partial charge in [0, 0.05) is 70.7 Å². The summed E-state index contributed by atoms with van der Waals surface area (Å²) in [6.45, 7) is 9.58. The molecule has 0 amide bonds. The highest BCUT2D eigenvalue weighted by Gasteiger charge is 2.52. The maximum absolute atomic E-state index is 2.76. The van der Waals surface area contributed by atoms with E-state index in [9.17, 15) is 0 Å². The molecule has 12 rings (SSSR count). The van der Waals surface area contributed by atoms with Gasteiger partial charge in [-0.3, -0.25) is 0 Å². The summed E-state index contributed by atoms with van der Waals surface area (Å²) in [6.07, 6.45) is 5.47. The average molecular weight is 750 g/mol. The Labute approximate surface area is 340 Å². The van der Waals surface area contributed by atoms with E-state index in [0.717, 1.165) is 19.3 Å². The van der Waals surface area contributed by atoms with Crippen molar-refractivity contribution in [3.05, 3.63) is 186 Å². The first-order valence-corrected chi connectivity index (χ1v) is 21.3. The Balaban J connectivity index is 1.12. The number of benzene rings is 6. The third-order valence-electron chi connectivity index (χ3n) is 14.7. The molecule has 280 valence electrons. The quantitative estimate of drug-likeness (QED) is 0.159. The lowest BCUT2D eigenvalue weighted by molar-refractivity contribution is -0.739. The molecule has 3 nitrogen and oxygen atoms in total. The second-order valence-corrected chi connectivity index (χ2v) is 17.6. The molecule has 6 aromatic carbocycles. The van der Waals surface area contributed by atoms with Gasteiger partial charge in [0.1, 0.15) is 0 Å². The summed E-state index contributed by atoms with van der Waals surface area (Å²) < 4.78 is 7.86. The fraction of sp³-hybridized carbons (Fsp3) is 0.200. The first-order valence-electron chi connectivity index (χ1n) is 21.3. The van der Waals surface area contributed by atoms with Crippen molar-refractivity contribution in [3.63, 3.8) is 0 Å². The Bertz CT molecular complexity index is 3130. The number of nitrogens with zero attached hydrogens (tertiary/aromatic N) is 3. The van der Waals surface area contributed by atoms with Gasteiger partial charge in [-0.15, -0.1) is 0 Å². The summed E-state index contributed by atoms with van der Waals surface area (Å²) in [6, 6.07) is 60.4. The minimum absolute atomic E-state index is 0.0815. The molecule has 3 aliphatic heterocycles. The van der Waals surface area contributed by atoms with Crippen LogP contribution in [0, 0.1) is 0 Å². The van der Waals surface area contributed by atoms with Crippen LogP contribution in [0.4, 0.5) is 0 Å². The van der Waals surface area contributed by atoms with Crippen LogP contribution in [-0.2, 0) is 11.0 Å². The van der Waals surface area contributed by atoms with Crippen molar-refractivity contribution >= 4 is 32.7 Å². The lowest BCUT2D eigenvalue weighted by Crippen LogP contribution is -2.58. The van der Waals surface area contributed by atoms with Gasteiger partial charge in [-0.05, 0) is 76.3 Å². The van der Waals surface area contributed by atoms with E-state index in [1.807, 2.05) is 0 Å². The van der Waals surface area contributed by atoms with Crippen LogP contribution in [0.1, 0.15) is 81.2 Å². The van der Waals surface area contributed by atoms with Crippen LogP contribution >= 0.6 is 0 Å². The van der Waals surface area contributed by atoms with Crippen molar-refractivity contribution in [3.8, 4) is 39.3 Å². The smallest absolute Gasteiger partial charge is 0.213 e. The molecule has 3 aromatic heterocycles. The van der Waals surface area contributed by atoms with Crippen LogP contribution in [0.2, 0.25) is 0 Å². The highest BCUT2D eigenvalue weighted by Crippen LogP contribution is 2.52. The lowest BCUT2D eigenvalue weighted by Gasteiger charge is -2.34. The molecule has 2 atom stereocenters. The lowest BCUT2D eigenvalue weighted by atomic mass is 9.75. The zero-order valence-electron chi connectivity index (χ0n) is 33.7. The predicted octanol–water partition coefficient (Wildman–Crippen LogP) is 12.8. The molecule has 0 saturated carbocycles. The van der Waals surface area contributed by atoms with Crippen LogP contribution in [-0.4, -0.2) is 4.57 Å². The minimum atomic E-state index is -0.0864. The van der Waals surface area contributed by atoms with Gasteiger partial charge in [0.2, 0.25) is 16.9 Å². The van der Waals surface area contributed by atoms with Gasteiger partial charge in [0.25, 0.3) is 0 Å². The second-order valence-electron chi connectivity index (χ2n) is 17.6. The van der Waals surface area contributed by atoms with E-state index in [-0.39, 0.29) is 22.9 Å². The summed E-state index contributed by atoms with van der Waals surface area (Å²) >= 11 is 0. The van der Waals surface area contributed by atoms with E-state index in [2.05, 4.69) is 205 Å².